The Hall–Kier alpha value is -2.98. The molecule has 1 fully saturated rings. The second kappa shape index (κ2) is 9.48. The number of hydrogen-bond donors (Lipinski definition) is 1. The molecule has 1 heterocycles. The van der Waals surface area contributed by atoms with Crippen LogP contribution in [0, 0.1) is 17.2 Å². The normalized spacial score (nSPS) is 19.3. The minimum absolute atomic E-state index is 0.0220. The van der Waals surface area contributed by atoms with Gasteiger partial charge in [0.2, 0.25) is 5.91 Å². The maximum Gasteiger partial charge on any atom is 0.262 e. The van der Waals surface area contributed by atoms with Crippen molar-refractivity contribution in [3.8, 4) is 6.07 Å². The Bertz CT molecular complexity index is 945. The Kier molecular flexibility index (Phi) is 6.78. The number of aromatic nitrogens is 1. The van der Waals surface area contributed by atoms with E-state index in [9.17, 15) is 14.9 Å². The number of carbonyl (C=O) groups is 2. The van der Waals surface area contributed by atoms with Gasteiger partial charge in [0.1, 0.15) is 11.6 Å². The molecule has 1 aliphatic rings. The van der Waals surface area contributed by atoms with Gasteiger partial charge >= 0.3 is 0 Å². The summed E-state index contributed by atoms with van der Waals surface area (Å²) in [5, 5.41) is 14.7. The Morgan fingerprint density at radius 3 is 2.66 bits per heavy atom. The van der Waals surface area contributed by atoms with E-state index in [4.69, 9.17) is 0 Å². The third-order valence-corrected chi connectivity index (χ3v) is 5.96. The van der Waals surface area contributed by atoms with E-state index in [0.717, 1.165) is 24.9 Å². The maximum atomic E-state index is 12.6. The molecule has 1 N–H and O–H groups in total. The molecule has 0 spiro atoms. The molecule has 2 atom stereocenters. The van der Waals surface area contributed by atoms with Crippen LogP contribution in [0.25, 0.3) is 6.08 Å². The quantitative estimate of drug-likeness (QED) is 0.586. The smallest absolute Gasteiger partial charge is 0.262 e. The topological polar surface area (TPSA) is 86.1 Å². The summed E-state index contributed by atoms with van der Waals surface area (Å²) in [6, 6.07) is 11.3. The summed E-state index contributed by atoms with van der Waals surface area (Å²) < 4.78 is 0. The number of nitriles is 1. The fourth-order valence-corrected chi connectivity index (χ4v) is 4.37. The molecule has 0 unspecified atom stereocenters. The average molecular weight is 409 g/mol. The summed E-state index contributed by atoms with van der Waals surface area (Å²) in [5.74, 6) is -0.119. The van der Waals surface area contributed by atoms with Crippen molar-refractivity contribution in [2.24, 2.45) is 5.92 Å². The van der Waals surface area contributed by atoms with E-state index in [0.29, 0.717) is 16.7 Å². The molecule has 29 heavy (non-hydrogen) atoms. The van der Waals surface area contributed by atoms with E-state index >= 15 is 0 Å². The minimum Gasteiger partial charge on any atom is -0.348 e. The summed E-state index contributed by atoms with van der Waals surface area (Å²) >= 11 is 1.29. The average Bonchev–Trinajstić information content (AvgIpc) is 3.16. The summed E-state index contributed by atoms with van der Waals surface area (Å²) in [7, 11) is 0. The van der Waals surface area contributed by atoms with Gasteiger partial charge in [0.05, 0.1) is 11.4 Å². The number of nitrogens with zero attached hydrogens (tertiary/aromatic N) is 3. The lowest BCUT2D eigenvalue weighted by atomic mass is 9.86. The van der Waals surface area contributed by atoms with Crippen LogP contribution in [0.2, 0.25) is 0 Å². The first-order chi connectivity index (χ1) is 14.0. The largest absolute Gasteiger partial charge is 0.348 e. The molecule has 0 radical (unpaired) electrons. The molecule has 3 rings (SSSR count). The van der Waals surface area contributed by atoms with Gasteiger partial charge in [-0.25, -0.2) is 4.98 Å². The highest BCUT2D eigenvalue weighted by Gasteiger charge is 2.24. The molecule has 1 aromatic heterocycles. The molecule has 0 aliphatic heterocycles. The van der Waals surface area contributed by atoms with E-state index in [1.54, 1.807) is 5.38 Å². The number of carbonyl (C=O) groups excluding carboxylic acids is 2. The number of benzene rings is 1. The molecule has 2 amide bonds. The SMILES string of the molecule is CC(=O)N(c1ccccc1)c1nc(/C=C(\C#N)C(=O)N[C@@H]2CCCC[C@@H]2C)cs1. The van der Waals surface area contributed by atoms with Crippen LogP contribution in [-0.4, -0.2) is 22.8 Å². The van der Waals surface area contributed by atoms with Gasteiger partial charge in [-0.15, -0.1) is 11.3 Å². The lowest BCUT2D eigenvalue weighted by molar-refractivity contribution is -0.118. The lowest BCUT2D eigenvalue weighted by Crippen LogP contribution is -2.41. The predicted octanol–water partition coefficient (Wildman–Crippen LogP) is 4.43. The molecule has 7 heteroatoms. The monoisotopic (exact) mass is 408 g/mol. The van der Waals surface area contributed by atoms with Crippen molar-refractivity contribution in [3.63, 3.8) is 0 Å². The summed E-state index contributed by atoms with van der Waals surface area (Å²) in [4.78, 5) is 30.7. The standard InChI is InChI=1S/C22H24N4O2S/c1-15-8-6-7-11-20(15)25-21(28)17(13-23)12-18-14-29-22(24-18)26(16(2)27)19-9-4-3-5-10-19/h3-5,9-10,12,14-15,20H,6-8,11H2,1-2H3,(H,25,28)/b17-12+/t15-,20+/m0/s1. The van der Waals surface area contributed by atoms with Gasteiger partial charge in [-0.05, 0) is 37.0 Å². The first kappa shape index (κ1) is 20.7. The Balaban J connectivity index is 1.79. The van der Waals surface area contributed by atoms with Crippen LogP contribution in [0.3, 0.4) is 0 Å². The Labute approximate surface area is 174 Å². The van der Waals surface area contributed by atoms with Crippen molar-refractivity contribution in [2.75, 3.05) is 4.90 Å². The number of amides is 2. The number of hydrogen-bond acceptors (Lipinski definition) is 5. The van der Waals surface area contributed by atoms with E-state index < -0.39 is 0 Å². The molecule has 6 nitrogen and oxygen atoms in total. The first-order valence-electron chi connectivity index (χ1n) is 9.73. The predicted molar refractivity (Wildman–Crippen MR) is 115 cm³/mol. The van der Waals surface area contributed by atoms with Gasteiger partial charge in [-0.2, -0.15) is 5.26 Å². The van der Waals surface area contributed by atoms with Gasteiger partial charge in [0, 0.05) is 18.3 Å². The summed E-state index contributed by atoms with van der Waals surface area (Å²) in [5.41, 5.74) is 1.22. The second-order valence-corrected chi connectivity index (χ2v) is 8.09. The van der Waals surface area contributed by atoms with E-state index in [-0.39, 0.29) is 23.4 Å². The van der Waals surface area contributed by atoms with E-state index in [1.165, 1.54) is 35.7 Å². The molecule has 150 valence electrons. The summed E-state index contributed by atoms with van der Waals surface area (Å²) in [6.45, 7) is 3.61. The highest BCUT2D eigenvalue weighted by Crippen LogP contribution is 2.29. The van der Waals surface area contributed by atoms with Gasteiger partial charge in [-0.3, -0.25) is 14.5 Å². The number of anilines is 2. The van der Waals surface area contributed by atoms with Crippen LogP contribution >= 0.6 is 11.3 Å². The van der Waals surface area contributed by atoms with E-state index in [2.05, 4.69) is 17.2 Å². The zero-order valence-electron chi connectivity index (χ0n) is 16.6. The van der Waals surface area contributed by atoms with Crippen LogP contribution in [0.15, 0.2) is 41.3 Å². The van der Waals surface area contributed by atoms with Gasteiger partial charge in [0.15, 0.2) is 5.13 Å². The van der Waals surface area contributed by atoms with Crippen molar-refractivity contribution in [1.29, 1.82) is 5.26 Å². The molecule has 0 saturated heterocycles. The van der Waals surface area contributed by atoms with Crippen LogP contribution in [0.4, 0.5) is 10.8 Å². The lowest BCUT2D eigenvalue weighted by Gasteiger charge is -2.29. The van der Waals surface area contributed by atoms with Gasteiger partial charge < -0.3 is 5.32 Å². The van der Waals surface area contributed by atoms with Crippen LogP contribution in [0.5, 0.6) is 0 Å². The zero-order chi connectivity index (χ0) is 20.8. The Morgan fingerprint density at radius 1 is 1.28 bits per heavy atom. The molecule has 1 aliphatic carbocycles. The van der Waals surface area contributed by atoms with Crippen molar-refractivity contribution in [2.45, 2.75) is 45.6 Å². The van der Waals surface area contributed by atoms with Gasteiger partial charge in [-0.1, -0.05) is 38.0 Å². The third kappa shape index (κ3) is 5.09. The van der Waals surface area contributed by atoms with E-state index in [1.807, 2.05) is 36.4 Å². The molecule has 0 bridgehead atoms. The van der Waals surface area contributed by atoms with Crippen LogP contribution in [0.1, 0.15) is 45.2 Å². The van der Waals surface area contributed by atoms with Crippen LogP contribution in [-0.2, 0) is 9.59 Å². The first-order valence-corrected chi connectivity index (χ1v) is 10.6. The van der Waals surface area contributed by atoms with Crippen molar-refractivity contribution in [1.82, 2.24) is 10.3 Å². The molecular formula is C22H24N4O2S. The van der Waals surface area contributed by atoms with Crippen LogP contribution < -0.4 is 10.2 Å². The van der Waals surface area contributed by atoms with Crippen molar-refractivity contribution < 1.29 is 9.59 Å². The van der Waals surface area contributed by atoms with Gasteiger partial charge in [0.25, 0.3) is 5.91 Å². The van der Waals surface area contributed by atoms with Crippen molar-refractivity contribution >= 4 is 40.0 Å². The highest BCUT2D eigenvalue weighted by molar-refractivity contribution is 7.14. The fourth-order valence-electron chi connectivity index (χ4n) is 3.52. The fraction of sp³-hybridized carbons (Fsp3) is 0.364. The second-order valence-electron chi connectivity index (χ2n) is 7.26. The highest BCUT2D eigenvalue weighted by atomic mass is 32.1. The zero-order valence-corrected chi connectivity index (χ0v) is 17.4. The molecule has 1 saturated carbocycles. The number of thiazole rings is 1. The molecule has 2 aromatic rings. The third-order valence-electron chi connectivity index (χ3n) is 5.12. The number of para-hydroxylation sites is 1. The molecular weight excluding hydrogens is 384 g/mol. The number of nitrogens with one attached hydrogen (secondary N) is 1. The number of rotatable bonds is 5. The summed E-state index contributed by atoms with van der Waals surface area (Å²) in [6.07, 6.45) is 5.79. The van der Waals surface area contributed by atoms with Crippen molar-refractivity contribution in [3.05, 3.63) is 47.0 Å². The Morgan fingerprint density at radius 2 is 2.00 bits per heavy atom. The maximum absolute atomic E-state index is 12.6. The minimum atomic E-state index is -0.368. The molecule has 1 aromatic carbocycles.